The van der Waals surface area contributed by atoms with Gasteiger partial charge in [-0.25, -0.2) is 0 Å². The van der Waals surface area contributed by atoms with Crippen LogP contribution in [0.3, 0.4) is 0 Å². The first-order valence-corrected chi connectivity index (χ1v) is 21.8. The fraction of sp³-hybridized carbons (Fsp3) is 0.478. The Labute approximate surface area is 355 Å². The second-order valence-corrected chi connectivity index (χ2v) is 18.1. The van der Waals surface area contributed by atoms with E-state index in [1.807, 2.05) is 35.2 Å². The summed E-state index contributed by atoms with van der Waals surface area (Å²) >= 11 is 6.37. The summed E-state index contributed by atoms with van der Waals surface area (Å²) in [5.74, 6) is -1.27. The predicted octanol–water partition coefficient (Wildman–Crippen LogP) is 5.17. The quantitative estimate of drug-likeness (QED) is 0.317. The highest BCUT2D eigenvalue weighted by atomic mass is 35.5. The van der Waals surface area contributed by atoms with E-state index in [4.69, 9.17) is 11.6 Å². The van der Waals surface area contributed by atoms with E-state index in [9.17, 15) is 29.2 Å². The van der Waals surface area contributed by atoms with Gasteiger partial charge in [0.1, 0.15) is 12.1 Å². The Morgan fingerprint density at radius 2 is 1.47 bits per heavy atom. The van der Waals surface area contributed by atoms with E-state index >= 15 is 0 Å². The Morgan fingerprint density at radius 3 is 2.15 bits per heavy atom. The average Bonchev–Trinajstić information content (AvgIpc) is 3.71. The molecule has 13 nitrogen and oxygen atoms in total. The highest BCUT2D eigenvalue weighted by molar-refractivity contribution is 6.32. The average molecular weight is 831 g/mol. The molecule has 1 N–H and O–H groups in total. The van der Waals surface area contributed by atoms with Gasteiger partial charge in [-0.2, -0.15) is 5.26 Å². The number of piperidine rings is 3. The number of nitriles is 1. The van der Waals surface area contributed by atoms with E-state index in [1.165, 1.54) is 0 Å². The normalized spacial score (nSPS) is 23.6. The van der Waals surface area contributed by atoms with Gasteiger partial charge >= 0.3 is 0 Å². The van der Waals surface area contributed by atoms with Crippen LogP contribution in [0.15, 0.2) is 60.7 Å². The third-order valence-electron chi connectivity index (χ3n) is 14.1. The Balaban J connectivity index is 0.717. The monoisotopic (exact) mass is 830 g/mol. The highest BCUT2D eigenvalue weighted by Crippen LogP contribution is 2.45. The number of benzene rings is 3. The van der Waals surface area contributed by atoms with Crippen LogP contribution < -0.4 is 20.0 Å². The summed E-state index contributed by atoms with van der Waals surface area (Å²) in [4.78, 5) is 76.9. The molecule has 6 heterocycles. The Kier molecular flexibility index (Phi) is 10.8. The molecule has 0 aromatic heterocycles. The first-order valence-electron chi connectivity index (χ1n) is 21.4. The maximum absolute atomic E-state index is 13.6. The number of hydrogen-bond donors (Lipinski definition) is 1. The largest absolute Gasteiger partial charge is 0.371 e. The van der Waals surface area contributed by atoms with Gasteiger partial charge in [0.2, 0.25) is 11.8 Å². The number of carbonyl (C=O) groups excluding carboxylic acids is 5. The molecule has 5 amide bonds. The van der Waals surface area contributed by atoms with Gasteiger partial charge < -0.3 is 19.6 Å². The molecule has 3 aromatic rings. The summed E-state index contributed by atoms with van der Waals surface area (Å²) in [5.41, 5.74) is 5.13. The van der Waals surface area contributed by atoms with Crippen molar-refractivity contribution in [2.24, 2.45) is 11.3 Å². The maximum atomic E-state index is 13.6. The smallest absolute Gasteiger partial charge is 0.262 e. The molecule has 14 heteroatoms. The van der Waals surface area contributed by atoms with Gasteiger partial charge in [0.15, 0.2) is 0 Å². The molecule has 0 aliphatic carbocycles. The minimum absolute atomic E-state index is 0.0967. The molecule has 6 aliphatic heterocycles. The van der Waals surface area contributed by atoms with Crippen LogP contribution in [0.25, 0.3) is 0 Å². The Morgan fingerprint density at radius 1 is 0.800 bits per heavy atom. The van der Waals surface area contributed by atoms with Gasteiger partial charge in [-0.15, -0.1) is 0 Å². The van der Waals surface area contributed by atoms with Gasteiger partial charge in [0, 0.05) is 101 Å². The van der Waals surface area contributed by atoms with Crippen molar-refractivity contribution < 1.29 is 24.0 Å². The van der Waals surface area contributed by atoms with Crippen LogP contribution >= 0.6 is 11.6 Å². The zero-order valence-electron chi connectivity index (χ0n) is 34.1. The molecule has 9 rings (SSSR count). The molecule has 2 unspecified atom stereocenters. The molecule has 0 radical (unpaired) electrons. The zero-order chi connectivity index (χ0) is 41.7. The van der Waals surface area contributed by atoms with Crippen LogP contribution in [-0.2, 0) is 9.59 Å². The first-order chi connectivity index (χ1) is 29.0. The number of piperazine rings is 1. The van der Waals surface area contributed by atoms with Crippen LogP contribution in [-0.4, -0.2) is 122 Å². The van der Waals surface area contributed by atoms with Gasteiger partial charge in [-0.3, -0.25) is 39.1 Å². The second-order valence-electron chi connectivity index (χ2n) is 17.7. The van der Waals surface area contributed by atoms with Crippen molar-refractivity contribution in [1.82, 2.24) is 20.0 Å². The number of nitrogens with zero attached hydrogens (tertiary/aromatic N) is 7. The van der Waals surface area contributed by atoms with Crippen LogP contribution in [0.5, 0.6) is 0 Å². The molecule has 5 fully saturated rings. The summed E-state index contributed by atoms with van der Waals surface area (Å²) < 4.78 is 0. The third-order valence-corrected chi connectivity index (χ3v) is 14.4. The zero-order valence-corrected chi connectivity index (χ0v) is 34.8. The van der Waals surface area contributed by atoms with E-state index < -0.39 is 23.8 Å². The van der Waals surface area contributed by atoms with Crippen LogP contribution in [0, 0.1) is 22.7 Å². The first kappa shape index (κ1) is 40.0. The molecule has 0 saturated carbocycles. The number of fused-ring (bicyclic) bond motifs is 1. The Hall–Kier alpha value is -5.45. The summed E-state index contributed by atoms with van der Waals surface area (Å²) in [6.07, 6.45) is 5.33. The summed E-state index contributed by atoms with van der Waals surface area (Å²) in [7, 11) is 0. The van der Waals surface area contributed by atoms with Gasteiger partial charge in [-0.05, 0) is 117 Å². The minimum Gasteiger partial charge on any atom is -0.371 e. The molecule has 0 bridgehead atoms. The number of amides is 5. The van der Waals surface area contributed by atoms with E-state index in [0.717, 1.165) is 125 Å². The van der Waals surface area contributed by atoms with Gasteiger partial charge in [0.05, 0.1) is 21.7 Å². The Bertz CT molecular complexity index is 2250. The topological polar surface area (TPSA) is 141 Å². The standard InChI is InChI=1S/C46H51ClN8O5/c1-30-26-46(29-54(30)36-7-4-33(27-48)39(47)25-36)14-18-53(19-15-46)43(58)32-2-5-34(6-3-32)52-22-20-50(21-23-52)28-31-12-16-51(17-13-31)35-8-9-37-38(24-35)45(60)55(44(37)59)40-10-11-41(56)49-42(40)57/h2-9,24-25,30-31,40H,10-23,26,28-29H2,1H3,(H,49,56,57). The molecule has 312 valence electrons. The molecule has 60 heavy (non-hydrogen) atoms. The van der Waals surface area contributed by atoms with E-state index in [1.54, 1.807) is 18.2 Å². The van der Waals surface area contributed by atoms with E-state index in [0.29, 0.717) is 33.7 Å². The number of anilines is 3. The third kappa shape index (κ3) is 7.60. The van der Waals surface area contributed by atoms with Crippen molar-refractivity contribution in [1.29, 1.82) is 5.26 Å². The van der Waals surface area contributed by atoms with Crippen LogP contribution in [0.4, 0.5) is 17.1 Å². The lowest BCUT2D eigenvalue weighted by Gasteiger charge is -2.40. The number of rotatable bonds is 7. The molecule has 6 aliphatic rings. The number of likely N-dealkylation sites (tertiary alicyclic amines) is 1. The fourth-order valence-electron chi connectivity index (χ4n) is 10.6. The minimum atomic E-state index is -0.967. The highest BCUT2D eigenvalue weighted by Gasteiger charge is 2.46. The lowest BCUT2D eigenvalue weighted by Crippen LogP contribution is -2.54. The SMILES string of the molecule is CC1CC2(CCN(C(=O)c3ccc(N4CCN(CC5CCN(c6ccc7c(c6)C(=O)N(C6CCC(=O)NC6=O)C7=O)CC5)CC4)cc3)CC2)CN1c1ccc(C#N)c(Cl)c1. The number of halogens is 1. The molecule has 2 atom stereocenters. The van der Waals surface area contributed by atoms with Crippen molar-refractivity contribution in [3.8, 4) is 6.07 Å². The van der Waals surface area contributed by atoms with Gasteiger partial charge in [-0.1, -0.05) is 11.6 Å². The van der Waals surface area contributed by atoms with Crippen molar-refractivity contribution in [2.45, 2.75) is 64.0 Å². The van der Waals surface area contributed by atoms with Gasteiger partial charge in [0.25, 0.3) is 17.7 Å². The fourth-order valence-corrected chi connectivity index (χ4v) is 10.8. The molecule has 1 spiro atoms. The predicted molar refractivity (Wildman–Crippen MR) is 228 cm³/mol. The molecular weight excluding hydrogens is 780 g/mol. The molecule has 5 saturated heterocycles. The number of carbonyl (C=O) groups is 5. The summed E-state index contributed by atoms with van der Waals surface area (Å²) in [5, 5.41) is 12.0. The van der Waals surface area contributed by atoms with Crippen molar-refractivity contribution >= 4 is 58.2 Å². The van der Waals surface area contributed by atoms with Crippen LogP contribution in [0.1, 0.15) is 88.5 Å². The summed E-state index contributed by atoms with van der Waals surface area (Å²) in [6.45, 7) is 11.3. The second kappa shape index (κ2) is 16.2. The number of imide groups is 2. The number of hydrogen-bond acceptors (Lipinski definition) is 10. The maximum Gasteiger partial charge on any atom is 0.262 e. The van der Waals surface area contributed by atoms with Crippen molar-refractivity contribution in [3.05, 3.63) is 87.9 Å². The van der Waals surface area contributed by atoms with E-state index in [2.05, 4.69) is 50.0 Å². The van der Waals surface area contributed by atoms with E-state index in [-0.39, 0.29) is 30.1 Å². The lowest BCUT2D eigenvalue weighted by molar-refractivity contribution is -0.136. The molecule has 3 aromatic carbocycles. The van der Waals surface area contributed by atoms with Crippen LogP contribution in [0.2, 0.25) is 5.02 Å². The van der Waals surface area contributed by atoms with Crippen molar-refractivity contribution in [3.63, 3.8) is 0 Å². The number of nitrogens with one attached hydrogen (secondary N) is 1. The van der Waals surface area contributed by atoms with Crippen molar-refractivity contribution in [2.75, 3.05) is 80.1 Å². The lowest BCUT2D eigenvalue weighted by atomic mass is 9.76. The molecular formula is C46H51ClN8O5. The summed E-state index contributed by atoms with van der Waals surface area (Å²) in [6, 6.07) is 20.8.